The molecule has 5 nitrogen and oxygen atoms in total. The van der Waals surface area contributed by atoms with Crippen LogP contribution in [0.1, 0.15) is 20.3 Å². The van der Waals surface area contributed by atoms with Crippen molar-refractivity contribution in [1.82, 2.24) is 0 Å². The van der Waals surface area contributed by atoms with Crippen molar-refractivity contribution in [3.63, 3.8) is 0 Å². The summed E-state index contributed by atoms with van der Waals surface area (Å²) in [6.45, 7) is 3.36. The molecule has 5 heteroatoms. The Labute approximate surface area is 76.0 Å². The minimum Gasteiger partial charge on any atom is -0.481 e. The van der Waals surface area contributed by atoms with Crippen LogP contribution in [-0.4, -0.2) is 33.4 Å². The van der Waals surface area contributed by atoms with E-state index in [1.54, 1.807) is 13.8 Å². The van der Waals surface area contributed by atoms with Gasteiger partial charge in [0.15, 0.2) is 6.10 Å². The summed E-state index contributed by atoms with van der Waals surface area (Å²) in [5.41, 5.74) is 0. The number of carboxylic acid groups (broad SMARTS) is 2. The summed E-state index contributed by atoms with van der Waals surface area (Å²) in [6, 6.07) is 0. The lowest BCUT2D eigenvalue weighted by Crippen LogP contribution is -2.34. The lowest BCUT2D eigenvalue weighted by atomic mass is 9.87. The first kappa shape index (κ1) is 11.9. The van der Waals surface area contributed by atoms with Gasteiger partial charge in [0.25, 0.3) is 0 Å². The average molecular weight is 190 g/mol. The third kappa shape index (κ3) is 3.89. The second-order valence-corrected chi connectivity index (χ2v) is 3.29. The molecule has 3 N–H and O–H groups in total. The highest BCUT2D eigenvalue weighted by atomic mass is 16.4. The van der Waals surface area contributed by atoms with E-state index in [1.165, 1.54) is 0 Å². The number of aliphatic hydroxyl groups is 1. The van der Waals surface area contributed by atoms with E-state index in [2.05, 4.69) is 0 Å². The van der Waals surface area contributed by atoms with E-state index < -0.39 is 24.0 Å². The van der Waals surface area contributed by atoms with Gasteiger partial charge in [0.05, 0.1) is 6.42 Å². The third-order valence-corrected chi connectivity index (χ3v) is 1.93. The van der Waals surface area contributed by atoms with Gasteiger partial charge in [-0.1, -0.05) is 13.8 Å². The molecule has 0 fully saturated rings. The number of carboxylic acids is 2. The zero-order valence-corrected chi connectivity index (χ0v) is 7.60. The molecule has 0 bridgehead atoms. The van der Waals surface area contributed by atoms with E-state index >= 15 is 0 Å². The molecule has 0 aromatic heterocycles. The van der Waals surface area contributed by atoms with Crippen molar-refractivity contribution in [2.24, 2.45) is 11.8 Å². The van der Waals surface area contributed by atoms with Crippen molar-refractivity contribution in [2.45, 2.75) is 26.4 Å². The fourth-order valence-corrected chi connectivity index (χ4v) is 1.10. The predicted molar refractivity (Wildman–Crippen MR) is 44.2 cm³/mol. The Morgan fingerprint density at radius 1 is 1.23 bits per heavy atom. The fourth-order valence-electron chi connectivity index (χ4n) is 1.10. The van der Waals surface area contributed by atoms with E-state index in [-0.39, 0.29) is 12.3 Å². The highest BCUT2D eigenvalue weighted by Gasteiger charge is 2.30. The van der Waals surface area contributed by atoms with E-state index in [0.717, 1.165) is 0 Å². The van der Waals surface area contributed by atoms with Crippen LogP contribution >= 0.6 is 0 Å². The summed E-state index contributed by atoms with van der Waals surface area (Å²) in [6.07, 6.45) is -1.93. The largest absolute Gasteiger partial charge is 0.481 e. The normalized spacial score (nSPS) is 15.4. The number of hydrogen-bond donors (Lipinski definition) is 3. The SMILES string of the molecule is CC(C)C(CC(=O)O)C(O)C(=O)O. The van der Waals surface area contributed by atoms with Gasteiger partial charge in [-0.15, -0.1) is 0 Å². The Hall–Kier alpha value is -1.10. The van der Waals surface area contributed by atoms with Crippen molar-refractivity contribution >= 4 is 11.9 Å². The lowest BCUT2D eigenvalue weighted by Gasteiger charge is -2.21. The summed E-state index contributed by atoms with van der Waals surface area (Å²) < 4.78 is 0. The molecule has 0 radical (unpaired) electrons. The molecule has 13 heavy (non-hydrogen) atoms. The third-order valence-electron chi connectivity index (χ3n) is 1.93. The maximum atomic E-state index is 10.4. The molecule has 0 amide bonds. The minimum absolute atomic E-state index is 0.179. The van der Waals surface area contributed by atoms with Gasteiger partial charge in [0.2, 0.25) is 0 Å². The highest BCUT2D eigenvalue weighted by molar-refractivity contribution is 5.74. The van der Waals surface area contributed by atoms with E-state index in [9.17, 15) is 9.59 Å². The van der Waals surface area contributed by atoms with E-state index in [4.69, 9.17) is 15.3 Å². The number of aliphatic hydroxyl groups excluding tert-OH is 1. The zero-order valence-electron chi connectivity index (χ0n) is 7.60. The van der Waals surface area contributed by atoms with Crippen molar-refractivity contribution in [1.29, 1.82) is 0 Å². The second-order valence-electron chi connectivity index (χ2n) is 3.29. The molecule has 0 spiro atoms. The van der Waals surface area contributed by atoms with Crippen LogP contribution in [0.2, 0.25) is 0 Å². The molecule has 0 aliphatic heterocycles. The summed E-state index contributed by atoms with van der Waals surface area (Å²) in [5.74, 6) is -3.39. The standard InChI is InChI=1S/C8H14O5/c1-4(2)5(3-6(9)10)7(11)8(12)13/h4-5,7,11H,3H2,1-2H3,(H,9,10)(H,12,13). The lowest BCUT2D eigenvalue weighted by molar-refractivity contribution is -0.152. The molecule has 2 atom stereocenters. The van der Waals surface area contributed by atoms with Crippen LogP contribution in [-0.2, 0) is 9.59 Å². The van der Waals surface area contributed by atoms with Gasteiger partial charge in [0.1, 0.15) is 0 Å². The van der Waals surface area contributed by atoms with Gasteiger partial charge in [-0.3, -0.25) is 4.79 Å². The van der Waals surface area contributed by atoms with Crippen molar-refractivity contribution in [2.75, 3.05) is 0 Å². The zero-order chi connectivity index (χ0) is 10.6. The monoisotopic (exact) mass is 190 g/mol. The molecule has 0 aromatic carbocycles. The number of rotatable bonds is 5. The number of carbonyl (C=O) groups is 2. The van der Waals surface area contributed by atoms with E-state index in [1.807, 2.05) is 0 Å². The van der Waals surface area contributed by atoms with Gasteiger partial charge in [-0.25, -0.2) is 4.79 Å². The molecule has 2 unspecified atom stereocenters. The van der Waals surface area contributed by atoms with Gasteiger partial charge in [-0.05, 0) is 5.92 Å². The first-order chi connectivity index (χ1) is 5.86. The van der Waals surface area contributed by atoms with E-state index in [0.29, 0.717) is 0 Å². The number of aliphatic carboxylic acids is 2. The minimum atomic E-state index is -1.60. The Bertz CT molecular complexity index is 199. The average Bonchev–Trinajstić information content (AvgIpc) is 1.97. The van der Waals surface area contributed by atoms with Crippen molar-refractivity contribution in [3.8, 4) is 0 Å². The van der Waals surface area contributed by atoms with Crippen LogP contribution in [0, 0.1) is 11.8 Å². The van der Waals surface area contributed by atoms with Crippen molar-refractivity contribution < 1.29 is 24.9 Å². The molecular formula is C8H14O5. The maximum Gasteiger partial charge on any atom is 0.332 e. The van der Waals surface area contributed by atoms with Gasteiger partial charge >= 0.3 is 11.9 Å². The molecular weight excluding hydrogens is 176 g/mol. The molecule has 0 saturated heterocycles. The van der Waals surface area contributed by atoms with Crippen LogP contribution in [0.5, 0.6) is 0 Å². The number of hydrogen-bond acceptors (Lipinski definition) is 3. The molecule has 0 saturated carbocycles. The Kier molecular flexibility index (Phi) is 4.40. The van der Waals surface area contributed by atoms with Gasteiger partial charge in [-0.2, -0.15) is 0 Å². The Balaban J connectivity index is 4.41. The van der Waals surface area contributed by atoms with Crippen molar-refractivity contribution in [3.05, 3.63) is 0 Å². The first-order valence-electron chi connectivity index (χ1n) is 3.99. The van der Waals surface area contributed by atoms with Crippen LogP contribution in [0.25, 0.3) is 0 Å². The summed E-state index contributed by atoms with van der Waals surface area (Å²) in [4.78, 5) is 20.7. The highest BCUT2D eigenvalue weighted by Crippen LogP contribution is 2.19. The van der Waals surface area contributed by atoms with Gasteiger partial charge < -0.3 is 15.3 Å². The maximum absolute atomic E-state index is 10.4. The molecule has 0 aliphatic carbocycles. The molecule has 0 heterocycles. The summed E-state index contributed by atoms with van der Waals surface area (Å²) >= 11 is 0. The van der Waals surface area contributed by atoms with Crippen LogP contribution in [0.4, 0.5) is 0 Å². The quantitative estimate of drug-likeness (QED) is 0.574. The molecule has 0 rings (SSSR count). The Morgan fingerprint density at radius 3 is 1.92 bits per heavy atom. The molecule has 0 aliphatic rings. The molecule has 76 valence electrons. The predicted octanol–water partition coefficient (Wildman–Crippen LogP) is 0.179. The smallest absolute Gasteiger partial charge is 0.332 e. The van der Waals surface area contributed by atoms with Crippen LogP contribution in [0.15, 0.2) is 0 Å². The summed E-state index contributed by atoms with van der Waals surface area (Å²) in [5, 5.41) is 26.1. The topological polar surface area (TPSA) is 94.8 Å². The Morgan fingerprint density at radius 2 is 1.69 bits per heavy atom. The van der Waals surface area contributed by atoms with Gasteiger partial charge in [0, 0.05) is 5.92 Å². The first-order valence-corrected chi connectivity index (χ1v) is 3.99. The van der Waals surface area contributed by atoms with Crippen LogP contribution < -0.4 is 0 Å². The summed E-state index contributed by atoms with van der Waals surface area (Å²) in [7, 11) is 0. The molecule has 0 aromatic rings. The van der Waals surface area contributed by atoms with Crippen LogP contribution in [0.3, 0.4) is 0 Å². The fraction of sp³-hybridized carbons (Fsp3) is 0.750. The second kappa shape index (κ2) is 4.81.